The van der Waals surface area contributed by atoms with E-state index in [9.17, 15) is 5.26 Å². The average molecular weight is 486 g/mol. The number of pyridine rings is 1. The Morgan fingerprint density at radius 1 is 1.00 bits per heavy atom. The van der Waals surface area contributed by atoms with Crippen LogP contribution in [0.25, 0.3) is 28.3 Å². The number of ether oxygens (including phenoxy) is 1. The lowest BCUT2D eigenvalue weighted by Gasteiger charge is -2.25. The normalized spacial score (nSPS) is 14.7. The molecule has 1 aliphatic heterocycles. The van der Waals surface area contributed by atoms with Crippen LogP contribution < -0.4 is 10.5 Å². The van der Waals surface area contributed by atoms with Gasteiger partial charge in [-0.25, -0.2) is 9.67 Å². The highest BCUT2D eigenvalue weighted by Crippen LogP contribution is 2.46. The second-order valence-corrected chi connectivity index (χ2v) is 8.94. The number of aromatic nitrogens is 5. The predicted octanol–water partition coefficient (Wildman–Crippen LogP) is 4.86. The zero-order valence-corrected chi connectivity index (χ0v) is 20.3. The third-order valence-electron chi connectivity index (χ3n) is 6.59. The van der Waals surface area contributed by atoms with E-state index in [-0.39, 0.29) is 5.88 Å². The Labute approximate surface area is 213 Å². The summed E-state index contributed by atoms with van der Waals surface area (Å²) in [6, 6.07) is 22.4. The first-order valence-corrected chi connectivity index (χ1v) is 11.8. The summed E-state index contributed by atoms with van der Waals surface area (Å²) in [5, 5.41) is 14.8. The Bertz CT molecular complexity index is 1670. The number of nitrogens with zero attached hydrogens (tertiary/aromatic N) is 6. The molecule has 0 bridgehead atoms. The van der Waals surface area contributed by atoms with Crippen molar-refractivity contribution in [2.75, 3.05) is 0 Å². The summed E-state index contributed by atoms with van der Waals surface area (Å²) in [4.78, 5) is 8.74. The van der Waals surface area contributed by atoms with Gasteiger partial charge in [-0.15, -0.1) is 0 Å². The fourth-order valence-electron chi connectivity index (χ4n) is 4.78. The molecule has 0 aliphatic carbocycles. The molecule has 5 aromatic rings. The Hall–Kier alpha value is -5.16. The molecule has 0 radical (unpaired) electrons. The maximum Gasteiger partial charge on any atom is 0.224 e. The molecular formula is C29H23N7O. The van der Waals surface area contributed by atoms with Crippen molar-refractivity contribution in [3.63, 3.8) is 0 Å². The van der Waals surface area contributed by atoms with Crippen molar-refractivity contribution in [2.45, 2.75) is 12.8 Å². The first-order valence-electron chi connectivity index (χ1n) is 11.8. The van der Waals surface area contributed by atoms with Crippen LogP contribution in [0, 0.1) is 18.3 Å². The minimum absolute atomic E-state index is 0.0935. The van der Waals surface area contributed by atoms with Crippen LogP contribution in [0.3, 0.4) is 0 Å². The van der Waals surface area contributed by atoms with Crippen molar-refractivity contribution >= 4 is 0 Å². The fourth-order valence-corrected chi connectivity index (χ4v) is 4.78. The van der Waals surface area contributed by atoms with Crippen LogP contribution in [0.5, 0.6) is 5.88 Å². The number of allylic oxidation sites excluding steroid dienone is 1. The van der Waals surface area contributed by atoms with E-state index in [4.69, 9.17) is 15.6 Å². The SMILES string of the molecule is Cc1ccc(-c2nn(C)c3c2C(c2ccc(-n4ccnc4-c4cccnc4)cc2)C(C#N)=C(N)O3)cc1. The van der Waals surface area contributed by atoms with Gasteiger partial charge in [0, 0.05) is 48.6 Å². The van der Waals surface area contributed by atoms with Crippen LogP contribution in [-0.2, 0) is 7.05 Å². The van der Waals surface area contributed by atoms with Crippen LogP contribution in [0.1, 0.15) is 22.6 Å². The Balaban J connectivity index is 1.46. The number of rotatable bonds is 4. The highest BCUT2D eigenvalue weighted by molar-refractivity contribution is 5.71. The second-order valence-electron chi connectivity index (χ2n) is 8.94. The van der Waals surface area contributed by atoms with Gasteiger partial charge in [0.15, 0.2) is 0 Å². The molecule has 0 saturated heterocycles. The standard InChI is InChI=1S/C29H23N7O/c1-18-5-7-20(8-6-18)26-25-24(23(16-30)27(31)37-29(25)35(2)34-26)19-9-11-22(12-10-19)36-15-14-33-28(36)21-4-3-13-32-17-21/h3-15,17,24H,31H2,1-2H3. The number of benzene rings is 2. The Morgan fingerprint density at radius 2 is 1.78 bits per heavy atom. The van der Waals surface area contributed by atoms with E-state index < -0.39 is 5.92 Å². The predicted molar refractivity (Wildman–Crippen MR) is 139 cm³/mol. The van der Waals surface area contributed by atoms with Crippen LogP contribution in [0.15, 0.2) is 96.9 Å². The number of aryl methyl sites for hydroxylation is 2. The van der Waals surface area contributed by atoms with E-state index >= 15 is 0 Å². The molecule has 0 amide bonds. The molecule has 6 rings (SSSR count). The quantitative estimate of drug-likeness (QED) is 0.389. The monoisotopic (exact) mass is 485 g/mol. The number of nitriles is 1. The summed E-state index contributed by atoms with van der Waals surface area (Å²) in [5.41, 5.74) is 13.1. The lowest BCUT2D eigenvalue weighted by molar-refractivity contribution is 0.358. The van der Waals surface area contributed by atoms with Crippen molar-refractivity contribution in [1.82, 2.24) is 24.3 Å². The van der Waals surface area contributed by atoms with Gasteiger partial charge in [-0.2, -0.15) is 10.4 Å². The summed E-state index contributed by atoms with van der Waals surface area (Å²) < 4.78 is 9.59. The first-order chi connectivity index (χ1) is 18.0. The lowest BCUT2D eigenvalue weighted by Crippen LogP contribution is -2.21. The molecule has 4 heterocycles. The van der Waals surface area contributed by atoms with E-state index in [0.29, 0.717) is 11.5 Å². The molecule has 1 unspecified atom stereocenters. The third-order valence-corrected chi connectivity index (χ3v) is 6.59. The summed E-state index contributed by atoms with van der Waals surface area (Å²) in [6.07, 6.45) is 7.21. The van der Waals surface area contributed by atoms with Crippen molar-refractivity contribution in [3.05, 3.63) is 114 Å². The molecule has 8 heteroatoms. The van der Waals surface area contributed by atoms with Crippen molar-refractivity contribution in [3.8, 4) is 40.3 Å². The van der Waals surface area contributed by atoms with Gasteiger partial charge in [0.05, 0.1) is 11.5 Å². The molecule has 0 spiro atoms. The molecule has 2 N–H and O–H groups in total. The van der Waals surface area contributed by atoms with Crippen LogP contribution >= 0.6 is 0 Å². The Kier molecular flexibility index (Phi) is 5.31. The molecule has 3 aromatic heterocycles. The van der Waals surface area contributed by atoms with E-state index in [1.165, 1.54) is 0 Å². The number of imidazole rings is 1. The molecule has 1 atom stereocenters. The first kappa shape index (κ1) is 22.3. The lowest BCUT2D eigenvalue weighted by atomic mass is 9.83. The van der Waals surface area contributed by atoms with E-state index in [1.807, 2.05) is 85.4 Å². The van der Waals surface area contributed by atoms with Crippen LogP contribution in [0.2, 0.25) is 0 Å². The van der Waals surface area contributed by atoms with Crippen molar-refractivity contribution in [1.29, 1.82) is 5.26 Å². The van der Waals surface area contributed by atoms with E-state index in [0.717, 1.165) is 45.0 Å². The van der Waals surface area contributed by atoms with Gasteiger partial charge in [0.2, 0.25) is 11.8 Å². The summed E-state index contributed by atoms with van der Waals surface area (Å²) in [7, 11) is 1.82. The number of fused-ring (bicyclic) bond motifs is 1. The van der Waals surface area contributed by atoms with E-state index in [1.54, 1.807) is 23.3 Å². The van der Waals surface area contributed by atoms with Gasteiger partial charge in [0.25, 0.3) is 0 Å². The largest absolute Gasteiger partial charge is 0.422 e. The molecule has 1 aliphatic rings. The molecular weight excluding hydrogens is 462 g/mol. The maximum atomic E-state index is 10.1. The minimum atomic E-state index is -0.423. The number of nitrogens with two attached hydrogens (primary N) is 1. The van der Waals surface area contributed by atoms with Gasteiger partial charge >= 0.3 is 0 Å². The highest BCUT2D eigenvalue weighted by atomic mass is 16.5. The minimum Gasteiger partial charge on any atom is -0.422 e. The maximum absolute atomic E-state index is 10.1. The van der Waals surface area contributed by atoms with Crippen molar-refractivity contribution in [2.24, 2.45) is 12.8 Å². The molecule has 180 valence electrons. The van der Waals surface area contributed by atoms with Gasteiger partial charge < -0.3 is 10.5 Å². The molecule has 37 heavy (non-hydrogen) atoms. The van der Waals surface area contributed by atoms with Gasteiger partial charge in [-0.05, 0) is 36.8 Å². The van der Waals surface area contributed by atoms with Crippen LogP contribution in [-0.4, -0.2) is 24.3 Å². The van der Waals surface area contributed by atoms with Crippen LogP contribution in [0.4, 0.5) is 0 Å². The smallest absolute Gasteiger partial charge is 0.224 e. The van der Waals surface area contributed by atoms with Gasteiger partial charge in [0.1, 0.15) is 23.2 Å². The second kappa shape index (κ2) is 8.81. The summed E-state index contributed by atoms with van der Waals surface area (Å²) in [5.74, 6) is 1.00. The molecule has 0 saturated carbocycles. The molecule has 2 aromatic carbocycles. The van der Waals surface area contributed by atoms with Gasteiger partial charge in [-0.3, -0.25) is 9.55 Å². The topological polar surface area (TPSA) is 108 Å². The highest BCUT2D eigenvalue weighted by Gasteiger charge is 2.36. The molecule has 0 fully saturated rings. The Morgan fingerprint density at radius 3 is 2.49 bits per heavy atom. The fraction of sp³-hybridized carbons (Fsp3) is 0.103. The zero-order valence-electron chi connectivity index (χ0n) is 20.3. The zero-order chi connectivity index (χ0) is 25.5. The van der Waals surface area contributed by atoms with Crippen molar-refractivity contribution < 1.29 is 4.74 Å². The number of hydrogen-bond acceptors (Lipinski definition) is 6. The number of hydrogen-bond donors (Lipinski definition) is 1. The third kappa shape index (κ3) is 3.74. The van der Waals surface area contributed by atoms with Gasteiger partial charge in [-0.1, -0.05) is 42.0 Å². The molecule has 8 nitrogen and oxygen atoms in total. The average Bonchev–Trinajstić information content (AvgIpc) is 3.54. The summed E-state index contributed by atoms with van der Waals surface area (Å²) >= 11 is 0. The van der Waals surface area contributed by atoms with E-state index in [2.05, 4.69) is 16.0 Å². The summed E-state index contributed by atoms with van der Waals surface area (Å²) in [6.45, 7) is 2.04.